The molecule has 0 aliphatic carbocycles. The molecule has 0 spiro atoms. The normalized spacial score (nSPS) is 16.7. The van der Waals surface area contributed by atoms with E-state index in [2.05, 4.69) is 28.9 Å². The maximum absolute atomic E-state index is 13.2. The van der Waals surface area contributed by atoms with Crippen LogP contribution >= 0.6 is 11.8 Å². The van der Waals surface area contributed by atoms with Crippen molar-refractivity contribution in [2.45, 2.75) is 56.1 Å². The number of likely N-dealkylation sites (tertiary alicyclic amines) is 1. The predicted molar refractivity (Wildman–Crippen MR) is 120 cm³/mol. The molecule has 1 amide bonds. The van der Waals surface area contributed by atoms with E-state index in [0.717, 1.165) is 53.5 Å². The van der Waals surface area contributed by atoms with Crippen molar-refractivity contribution in [3.05, 3.63) is 48.3 Å². The van der Waals surface area contributed by atoms with Crippen LogP contribution in [0.3, 0.4) is 0 Å². The molecule has 7 heteroatoms. The van der Waals surface area contributed by atoms with Gasteiger partial charge in [-0.15, -0.1) is 0 Å². The first-order chi connectivity index (χ1) is 14.7. The smallest absolute Gasteiger partial charge is 0.242 e. The molecule has 3 heterocycles. The zero-order valence-electron chi connectivity index (χ0n) is 17.6. The average molecular weight is 425 g/mol. The van der Waals surface area contributed by atoms with Gasteiger partial charge in [0.05, 0.1) is 24.3 Å². The molecule has 1 atom stereocenters. The monoisotopic (exact) mass is 424 g/mol. The van der Waals surface area contributed by atoms with Gasteiger partial charge in [0.2, 0.25) is 5.91 Å². The lowest BCUT2D eigenvalue weighted by Crippen LogP contribution is -2.44. The molecule has 4 rings (SSSR count). The van der Waals surface area contributed by atoms with E-state index in [-0.39, 0.29) is 5.91 Å². The number of hydrogen-bond donors (Lipinski definition) is 0. The summed E-state index contributed by atoms with van der Waals surface area (Å²) in [5.41, 5.74) is 2.97. The molecule has 1 aromatic carbocycles. The van der Waals surface area contributed by atoms with Gasteiger partial charge in [-0.25, -0.2) is 4.98 Å². The molecule has 1 fully saturated rings. The van der Waals surface area contributed by atoms with Crippen molar-refractivity contribution in [3.63, 3.8) is 0 Å². The maximum Gasteiger partial charge on any atom is 0.242 e. The Morgan fingerprint density at radius 3 is 2.83 bits per heavy atom. The summed E-state index contributed by atoms with van der Waals surface area (Å²) in [5.74, 6) is 1.80. The van der Waals surface area contributed by atoms with Gasteiger partial charge >= 0.3 is 0 Å². The Labute approximate surface area is 181 Å². The molecule has 30 heavy (non-hydrogen) atoms. The van der Waals surface area contributed by atoms with Crippen LogP contribution in [0.15, 0.2) is 47.9 Å². The number of piperidine rings is 1. The van der Waals surface area contributed by atoms with E-state index in [1.807, 2.05) is 22.8 Å². The Morgan fingerprint density at radius 1 is 1.23 bits per heavy atom. The fourth-order valence-electron chi connectivity index (χ4n) is 4.06. The third kappa shape index (κ3) is 4.46. The Balaban J connectivity index is 1.56. The first-order valence-electron chi connectivity index (χ1n) is 10.5. The summed E-state index contributed by atoms with van der Waals surface area (Å²) in [6.07, 6.45) is 7.97. The zero-order chi connectivity index (χ0) is 20.9. The second kappa shape index (κ2) is 9.51. The standard InChI is InChI=1S/C23H28N4O2S/c1-3-18-6-4-5-13-26(18)22(28)15-27-21-14-24-12-11-20(21)25-23(27)30-16-17-7-9-19(29-2)10-8-17/h7-12,14,18H,3-6,13,15-16H2,1-2H3/t18-/m1/s1. The SMILES string of the molecule is CC[C@@H]1CCCCN1C(=O)Cn1c(SCc2ccc(OC)cc2)nc2ccncc21. The zero-order valence-corrected chi connectivity index (χ0v) is 18.4. The number of carbonyl (C=O) groups is 1. The lowest BCUT2D eigenvalue weighted by molar-refractivity contribution is -0.135. The van der Waals surface area contributed by atoms with Gasteiger partial charge in [-0.05, 0) is 49.4 Å². The number of nitrogens with zero attached hydrogens (tertiary/aromatic N) is 4. The molecule has 1 aliphatic rings. The highest BCUT2D eigenvalue weighted by atomic mass is 32.2. The van der Waals surface area contributed by atoms with Crippen LogP contribution in [0.1, 0.15) is 38.2 Å². The molecule has 3 aromatic rings. The average Bonchev–Trinajstić information content (AvgIpc) is 3.15. The molecule has 0 unspecified atom stereocenters. The first-order valence-corrected chi connectivity index (χ1v) is 11.5. The Bertz CT molecular complexity index is 1000. The first kappa shape index (κ1) is 20.7. The number of thioether (sulfide) groups is 1. The fraction of sp³-hybridized carbons (Fsp3) is 0.435. The number of amides is 1. The highest BCUT2D eigenvalue weighted by Gasteiger charge is 2.26. The van der Waals surface area contributed by atoms with Crippen molar-refractivity contribution in [2.75, 3.05) is 13.7 Å². The van der Waals surface area contributed by atoms with Crippen molar-refractivity contribution in [1.82, 2.24) is 19.4 Å². The molecule has 0 radical (unpaired) electrons. The van der Waals surface area contributed by atoms with Gasteiger partial charge in [0.15, 0.2) is 5.16 Å². The van der Waals surface area contributed by atoms with E-state index in [0.29, 0.717) is 12.6 Å². The van der Waals surface area contributed by atoms with Crippen LogP contribution in [-0.2, 0) is 17.1 Å². The van der Waals surface area contributed by atoms with Gasteiger partial charge in [0.25, 0.3) is 0 Å². The molecule has 0 bridgehead atoms. The number of rotatable bonds is 7. The lowest BCUT2D eigenvalue weighted by atomic mass is 10.00. The van der Waals surface area contributed by atoms with Crippen molar-refractivity contribution < 1.29 is 9.53 Å². The minimum atomic E-state index is 0.177. The van der Waals surface area contributed by atoms with E-state index < -0.39 is 0 Å². The van der Waals surface area contributed by atoms with E-state index in [4.69, 9.17) is 9.72 Å². The Hall–Kier alpha value is -2.54. The quantitative estimate of drug-likeness (QED) is 0.522. The van der Waals surface area contributed by atoms with Crippen LogP contribution in [0.2, 0.25) is 0 Å². The van der Waals surface area contributed by atoms with E-state index in [1.165, 1.54) is 12.0 Å². The van der Waals surface area contributed by atoms with Crippen LogP contribution < -0.4 is 4.74 Å². The van der Waals surface area contributed by atoms with Gasteiger partial charge in [-0.2, -0.15) is 0 Å². The number of carbonyl (C=O) groups excluding carboxylic acids is 1. The van der Waals surface area contributed by atoms with Crippen LogP contribution in [-0.4, -0.2) is 45.0 Å². The summed E-state index contributed by atoms with van der Waals surface area (Å²) in [6.45, 7) is 3.34. The minimum absolute atomic E-state index is 0.177. The van der Waals surface area contributed by atoms with Gasteiger partial charge in [0.1, 0.15) is 12.3 Å². The Morgan fingerprint density at radius 2 is 2.07 bits per heavy atom. The largest absolute Gasteiger partial charge is 0.497 e. The molecule has 2 aromatic heterocycles. The molecule has 6 nitrogen and oxygen atoms in total. The summed E-state index contributed by atoms with van der Waals surface area (Å²) < 4.78 is 7.27. The maximum atomic E-state index is 13.2. The number of methoxy groups -OCH3 is 1. The number of benzene rings is 1. The number of hydrogen-bond acceptors (Lipinski definition) is 5. The van der Waals surface area contributed by atoms with Crippen molar-refractivity contribution >= 4 is 28.7 Å². The molecule has 1 aliphatic heterocycles. The Kier molecular flexibility index (Phi) is 6.57. The summed E-state index contributed by atoms with van der Waals surface area (Å²) in [7, 11) is 1.67. The van der Waals surface area contributed by atoms with Crippen molar-refractivity contribution in [1.29, 1.82) is 0 Å². The minimum Gasteiger partial charge on any atom is -0.497 e. The van der Waals surface area contributed by atoms with Crippen LogP contribution in [0.5, 0.6) is 5.75 Å². The summed E-state index contributed by atoms with van der Waals surface area (Å²) >= 11 is 1.65. The van der Waals surface area contributed by atoms with Crippen LogP contribution in [0.25, 0.3) is 11.0 Å². The highest BCUT2D eigenvalue weighted by molar-refractivity contribution is 7.98. The van der Waals surface area contributed by atoms with Crippen LogP contribution in [0.4, 0.5) is 0 Å². The van der Waals surface area contributed by atoms with Crippen LogP contribution in [0, 0.1) is 0 Å². The van der Waals surface area contributed by atoms with Crippen molar-refractivity contribution in [2.24, 2.45) is 0 Å². The molecular formula is C23H28N4O2S. The van der Waals surface area contributed by atoms with E-state index in [9.17, 15) is 4.79 Å². The molecule has 158 valence electrons. The fourth-order valence-corrected chi connectivity index (χ4v) is 5.03. The van der Waals surface area contributed by atoms with Gasteiger partial charge < -0.3 is 14.2 Å². The van der Waals surface area contributed by atoms with Gasteiger partial charge in [-0.3, -0.25) is 9.78 Å². The molecule has 0 N–H and O–H groups in total. The molecule has 1 saturated heterocycles. The van der Waals surface area contributed by atoms with E-state index in [1.54, 1.807) is 31.3 Å². The number of aromatic nitrogens is 3. The predicted octanol–water partition coefficient (Wildman–Crippen LogP) is 4.52. The van der Waals surface area contributed by atoms with Gasteiger partial charge in [0, 0.05) is 24.5 Å². The summed E-state index contributed by atoms with van der Waals surface area (Å²) in [5, 5.41) is 0.854. The van der Waals surface area contributed by atoms with Gasteiger partial charge in [-0.1, -0.05) is 30.8 Å². The lowest BCUT2D eigenvalue weighted by Gasteiger charge is -2.35. The number of imidazole rings is 1. The summed E-state index contributed by atoms with van der Waals surface area (Å²) in [6, 6.07) is 10.3. The second-order valence-electron chi connectivity index (χ2n) is 7.63. The third-order valence-electron chi connectivity index (χ3n) is 5.75. The second-order valence-corrected chi connectivity index (χ2v) is 8.57. The van der Waals surface area contributed by atoms with Crippen molar-refractivity contribution in [3.8, 4) is 5.75 Å². The molecule has 0 saturated carbocycles. The van der Waals surface area contributed by atoms with E-state index >= 15 is 0 Å². The molecular weight excluding hydrogens is 396 g/mol. The number of ether oxygens (including phenoxy) is 1. The summed E-state index contributed by atoms with van der Waals surface area (Å²) in [4.78, 5) is 24.3. The number of fused-ring (bicyclic) bond motifs is 1. The third-order valence-corrected chi connectivity index (χ3v) is 6.80. The number of pyridine rings is 1. The topological polar surface area (TPSA) is 60.2 Å². The highest BCUT2D eigenvalue weighted by Crippen LogP contribution is 2.28.